The zero-order chi connectivity index (χ0) is 40.5. The van der Waals surface area contributed by atoms with Crippen LogP contribution in [0.25, 0.3) is 61.3 Å². The quantitative estimate of drug-likeness (QED) is 0.169. The van der Waals surface area contributed by atoms with Crippen LogP contribution in [-0.2, 0) is 0 Å². The maximum Gasteiger partial charge on any atom is 0.149 e. The number of imidazole rings is 1. The van der Waals surface area contributed by atoms with Gasteiger partial charge >= 0.3 is 0 Å². The number of fused-ring (bicyclic) bond motifs is 7. The molecule has 8 aromatic carbocycles. The molecular formula is C57H44N2O. The van der Waals surface area contributed by atoms with E-state index in [1.807, 2.05) is 0 Å². The summed E-state index contributed by atoms with van der Waals surface area (Å²) in [5.41, 5.74) is 11.1. The van der Waals surface area contributed by atoms with E-state index in [-0.39, 0.29) is 11.8 Å². The van der Waals surface area contributed by atoms with Crippen LogP contribution in [0, 0.1) is 42.0 Å². The Morgan fingerprint density at radius 2 is 0.950 bits per heavy atom. The predicted octanol–water partition coefficient (Wildman–Crippen LogP) is 14.5. The molecule has 0 spiro atoms. The van der Waals surface area contributed by atoms with Crippen LogP contribution in [-0.4, -0.2) is 9.55 Å². The molecule has 0 amide bonds. The molecular weight excluding hydrogens is 729 g/mol. The summed E-state index contributed by atoms with van der Waals surface area (Å²) < 4.78 is 9.55. The molecule has 0 fully saturated rings. The Bertz CT molecular complexity index is 3690. The Morgan fingerprint density at radius 3 is 1.55 bits per heavy atom. The molecule has 0 saturated heterocycles. The second kappa shape index (κ2) is 14.2. The second-order valence-electron chi connectivity index (χ2n) is 16.6. The van der Waals surface area contributed by atoms with Crippen LogP contribution < -0.4 is 0 Å². The third kappa shape index (κ3) is 5.68. The highest BCUT2D eigenvalue weighted by Gasteiger charge is 2.26. The molecule has 288 valence electrons. The molecule has 0 unspecified atom stereocenters. The number of hydrogen-bond donors (Lipinski definition) is 0. The standard InChI is InChI=1S/C57H44N2O/c1-35(2)50-32-40(38-20-9-6-10-21-38)33-51(36(3)4)54(50)59-55-47-27-16-14-25-44(47)42-23-12-11-22-41(42)43-24-13-15-26-46(43)53(55)58-57(59)49-29-17-28-48-45-31-30-39(34-52(45)60-56(48)49)37-18-7-5-8-19-37/h5-36H,1-4H3. The molecule has 0 radical (unpaired) electrons. The van der Waals surface area contributed by atoms with Gasteiger partial charge in [-0.2, -0.15) is 0 Å². The zero-order valence-corrected chi connectivity index (χ0v) is 34.3. The lowest BCUT2D eigenvalue weighted by molar-refractivity contribution is 0.669. The average Bonchev–Trinajstić information content (AvgIpc) is 3.87. The summed E-state index contributed by atoms with van der Waals surface area (Å²) in [6.45, 7) is 9.28. The van der Waals surface area contributed by atoms with Gasteiger partial charge < -0.3 is 4.42 Å². The van der Waals surface area contributed by atoms with Crippen LogP contribution in [0.3, 0.4) is 0 Å². The Morgan fingerprint density at radius 1 is 0.433 bits per heavy atom. The first kappa shape index (κ1) is 35.9. The topological polar surface area (TPSA) is 31.0 Å². The smallest absolute Gasteiger partial charge is 0.149 e. The summed E-state index contributed by atoms with van der Waals surface area (Å²) in [4.78, 5) is 5.88. The molecule has 0 atom stereocenters. The van der Waals surface area contributed by atoms with Gasteiger partial charge in [0.2, 0.25) is 0 Å². The van der Waals surface area contributed by atoms with Crippen molar-refractivity contribution in [3.63, 3.8) is 0 Å². The Balaban J connectivity index is 1.38. The van der Waals surface area contributed by atoms with Gasteiger partial charge in [-0.1, -0.05) is 179 Å². The first-order chi connectivity index (χ1) is 29.4. The van der Waals surface area contributed by atoms with E-state index in [4.69, 9.17) is 9.40 Å². The van der Waals surface area contributed by atoms with Crippen LogP contribution in [0.4, 0.5) is 0 Å². The van der Waals surface area contributed by atoms with Crippen molar-refractivity contribution >= 4 is 21.9 Å². The van der Waals surface area contributed by atoms with Gasteiger partial charge in [0.25, 0.3) is 0 Å². The van der Waals surface area contributed by atoms with Crippen molar-refractivity contribution in [3.05, 3.63) is 235 Å². The summed E-state index contributed by atoms with van der Waals surface area (Å²) in [5, 5.41) is 11.2. The molecule has 60 heavy (non-hydrogen) atoms. The number of nitrogens with zero attached hydrogens (tertiary/aromatic N) is 2. The normalized spacial score (nSPS) is 12.0. The number of benzene rings is 8. The van der Waals surface area contributed by atoms with E-state index in [0.717, 1.165) is 65.6 Å². The van der Waals surface area contributed by atoms with Crippen LogP contribution in [0.5, 0.6) is 0 Å². The Hall–Kier alpha value is -7.23. The van der Waals surface area contributed by atoms with Crippen molar-refractivity contribution < 1.29 is 4.42 Å². The van der Waals surface area contributed by atoms with Gasteiger partial charge in [-0.3, -0.25) is 4.57 Å². The average molecular weight is 773 g/mol. The van der Waals surface area contributed by atoms with E-state index in [1.165, 1.54) is 48.8 Å². The first-order valence-corrected chi connectivity index (χ1v) is 21.1. The molecule has 1 aliphatic rings. The summed E-state index contributed by atoms with van der Waals surface area (Å²) in [6.07, 6.45) is 0. The van der Waals surface area contributed by atoms with Crippen molar-refractivity contribution in [1.82, 2.24) is 9.55 Å². The minimum Gasteiger partial charge on any atom is -0.455 e. The van der Waals surface area contributed by atoms with Crippen molar-refractivity contribution in [2.75, 3.05) is 0 Å². The maximum atomic E-state index is 7.04. The third-order valence-corrected chi connectivity index (χ3v) is 12.3. The number of hydrogen-bond acceptors (Lipinski definition) is 2. The van der Waals surface area contributed by atoms with Crippen molar-refractivity contribution in [2.24, 2.45) is 0 Å². The van der Waals surface area contributed by atoms with E-state index in [2.05, 4.69) is 214 Å². The number of furan rings is 1. The highest BCUT2D eigenvalue weighted by molar-refractivity contribution is 6.10. The fourth-order valence-corrected chi connectivity index (χ4v) is 9.46. The van der Waals surface area contributed by atoms with Crippen molar-refractivity contribution in [1.29, 1.82) is 0 Å². The van der Waals surface area contributed by atoms with Gasteiger partial charge in [-0.25, -0.2) is 4.98 Å². The predicted molar refractivity (Wildman–Crippen MR) is 245 cm³/mol. The Labute approximate surface area is 348 Å². The molecule has 2 heterocycles. The second-order valence-corrected chi connectivity index (χ2v) is 16.6. The molecule has 0 bridgehead atoms. The highest BCUT2D eigenvalue weighted by atomic mass is 16.3. The van der Waals surface area contributed by atoms with Crippen LogP contribution in [0.2, 0.25) is 0 Å². The van der Waals surface area contributed by atoms with Crippen LogP contribution in [0.1, 0.15) is 50.7 Å². The molecule has 0 aliphatic heterocycles. The van der Waals surface area contributed by atoms with E-state index < -0.39 is 0 Å². The van der Waals surface area contributed by atoms with Crippen LogP contribution in [0.15, 0.2) is 186 Å². The highest BCUT2D eigenvalue weighted by Crippen LogP contribution is 2.42. The zero-order valence-electron chi connectivity index (χ0n) is 34.3. The van der Waals surface area contributed by atoms with Gasteiger partial charge in [0.15, 0.2) is 0 Å². The van der Waals surface area contributed by atoms with E-state index in [0.29, 0.717) is 0 Å². The lowest BCUT2D eigenvalue weighted by Gasteiger charge is -2.24. The summed E-state index contributed by atoms with van der Waals surface area (Å²) in [7, 11) is 0. The monoisotopic (exact) mass is 772 g/mol. The summed E-state index contributed by atoms with van der Waals surface area (Å²) in [6, 6.07) is 65.8. The molecule has 10 aromatic rings. The fraction of sp³-hybridized carbons (Fsp3) is 0.105. The molecule has 3 nitrogen and oxygen atoms in total. The van der Waals surface area contributed by atoms with Crippen molar-refractivity contribution in [3.8, 4) is 39.3 Å². The first-order valence-electron chi connectivity index (χ1n) is 21.1. The summed E-state index contributed by atoms with van der Waals surface area (Å²) in [5.74, 6) is 1.28. The van der Waals surface area contributed by atoms with Crippen LogP contribution >= 0.6 is 0 Å². The molecule has 3 heteroatoms. The van der Waals surface area contributed by atoms with Gasteiger partial charge in [0, 0.05) is 21.2 Å². The molecule has 0 saturated carbocycles. The summed E-state index contributed by atoms with van der Waals surface area (Å²) >= 11 is 0. The Kier molecular flexibility index (Phi) is 8.53. The molecule has 2 aromatic heterocycles. The van der Waals surface area contributed by atoms with Crippen molar-refractivity contribution in [2.45, 2.75) is 39.5 Å². The SMILES string of the molecule is CC(C)c1cc(-c2ccccc2)cc(C(C)C)c1-n1c(-c2cccc3c2oc2cc(-c4ccccc4)ccc23)nc2c1=c1ccccc1=c1ccccc1=c1ccccc1=2. The minimum absolute atomic E-state index is 0.210. The molecule has 1 aliphatic carbocycles. The van der Waals surface area contributed by atoms with E-state index in [1.54, 1.807) is 0 Å². The minimum atomic E-state index is 0.210. The van der Waals surface area contributed by atoms with Gasteiger partial charge in [-0.15, -0.1) is 0 Å². The third-order valence-electron chi connectivity index (χ3n) is 12.3. The number of rotatable bonds is 6. The number of aromatic nitrogens is 2. The van der Waals surface area contributed by atoms with Gasteiger partial charge in [0.05, 0.1) is 21.9 Å². The van der Waals surface area contributed by atoms with E-state index >= 15 is 0 Å². The van der Waals surface area contributed by atoms with Gasteiger partial charge in [0.1, 0.15) is 17.0 Å². The lowest BCUT2D eigenvalue weighted by atomic mass is 9.88. The fourth-order valence-electron chi connectivity index (χ4n) is 9.46. The van der Waals surface area contributed by atoms with Gasteiger partial charge in [-0.05, 0) is 96.4 Å². The molecule has 11 rings (SSSR count). The lowest BCUT2D eigenvalue weighted by Crippen LogP contribution is -2.10. The maximum absolute atomic E-state index is 7.04. The largest absolute Gasteiger partial charge is 0.455 e. The van der Waals surface area contributed by atoms with E-state index in [9.17, 15) is 0 Å². The molecule has 0 N–H and O–H groups in total. The number of para-hydroxylation sites is 1.